The Morgan fingerprint density at radius 1 is 1.00 bits per heavy atom. The van der Waals surface area contributed by atoms with E-state index < -0.39 is 5.91 Å². The number of nitrogens with one attached hydrogen (secondary N) is 1. The van der Waals surface area contributed by atoms with Crippen LogP contribution in [0.2, 0.25) is 0 Å². The maximum atomic E-state index is 13.1. The van der Waals surface area contributed by atoms with Gasteiger partial charge < -0.3 is 9.88 Å². The molecule has 2 aliphatic carbocycles. The zero-order chi connectivity index (χ0) is 19.1. The Bertz CT molecular complexity index is 1100. The minimum Gasteiger partial charge on any atom is -0.322 e. The summed E-state index contributed by atoms with van der Waals surface area (Å²) >= 11 is 0. The molecule has 3 aromatic rings. The highest BCUT2D eigenvalue weighted by Gasteiger charge is 2.32. The Morgan fingerprint density at radius 3 is 2.57 bits per heavy atom. The molecule has 1 amide bonds. The molecule has 2 heterocycles. The standard InChI is InChI=1S/C23H21N3O2/c27-22(25-16-10-12-24-13-11-16)20-5-2-14-26(23(20)28)21-9-8-18-17(15-6-7-15)3-1-4-19(18)21/h1-5,10-15,21H,6-9H2,(H,24,25,27). The fourth-order valence-corrected chi connectivity index (χ4v) is 4.29. The zero-order valence-corrected chi connectivity index (χ0v) is 15.5. The highest BCUT2D eigenvalue weighted by Crippen LogP contribution is 2.46. The number of benzene rings is 1. The minimum atomic E-state index is -0.393. The molecule has 5 heteroatoms. The number of amides is 1. The molecule has 28 heavy (non-hydrogen) atoms. The first-order valence-electron chi connectivity index (χ1n) is 9.76. The molecule has 0 saturated heterocycles. The number of carbonyl (C=O) groups is 1. The van der Waals surface area contributed by atoms with Crippen LogP contribution in [0.25, 0.3) is 0 Å². The molecule has 2 aromatic heterocycles. The lowest BCUT2D eigenvalue weighted by atomic mass is 9.99. The predicted molar refractivity (Wildman–Crippen MR) is 108 cm³/mol. The molecular formula is C23H21N3O2. The van der Waals surface area contributed by atoms with Gasteiger partial charge in [-0.05, 0) is 72.6 Å². The quantitative estimate of drug-likeness (QED) is 0.756. The van der Waals surface area contributed by atoms with Gasteiger partial charge in [0.05, 0.1) is 6.04 Å². The summed E-state index contributed by atoms with van der Waals surface area (Å²) in [4.78, 5) is 29.7. The molecule has 1 unspecified atom stereocenters. The van der Waals surface area contributed by atoms with Crippen LogP contribution >= 0.6 is 0 Å². The summed E-state index contributed by atoms with van der Waals surface area (Å²) in [6.45, 7) is 0. The zero-order valence-electron chi connectivity index (χ0n) is 15.5. The van der Waals surface area contributed by atoms with E-state index in [1.54, 1.807) is 47.4 Å². The van der Waals surface area contributed by atoms with Gasteiger partial charge >= 0.3 is 0 Å². The lowest BCUT2D eigenvalue weighted by Gasteiger charge is -2.17. The maximum absolute atomic E-state index is 13.1. The molecule has 1 aromatic carbocycles. The summed E-state index contributed by atoms with van der Waals surface area (Å²) in [6.07, 6.45) is 9.44. The molecule has 1 atom stereocenters. The molecule has 1 saturated carbocycles. The van der Waals surface area contributed by atoms with E-state index in [2.05, 4.69) is 28.5 Å². The fraction of sp³-hybridized carbons (Fsp3) is 0.261. The van der Waals surface area contributed by atoms with Gasteiger partial charge in [0, 0.05) is 24.3 Å². The van der Waals surface area contributed by atoms with Crippen LogP contribution in [0.4, 0.5) is 5.69 Å². The number of aromatic nitrogens is 2. The van der Waals surface area contributed by atoms with E-state index in [4.69, 9.17) is 0 Å². The van der Waals surface area contributed by atoms with Crippen molar-refractivity contribution < 1.29 is 4.79 Å². The van der Waals surface area contributed by atoms with Crippen LogP contribution in [0.5, 0.6) is 0 Å². The van der Waals surface area contributed by atoms with Gasteiger partial charge in [-0.15, -0.1) is 0 Å². The number of hydrogen-bond donors (Lipinski definition) is 1. The Labute approximate surface area is 163 Å². The van der Waals surface area contributed by atoms with E-state index in [1.807, 2.05) is 0 Å². The fourth-order valence-electron chi connectivity index (χ4n) is 4.29. The highest BCUT2D eigenvalue weighted by molar-refractivity contribution is 6.03. The predicted octanol–water partition coefficient (Wildman–Crippen LogP) is 3.91. The van der Waals surface area contributed by atoms with E-state index in [9.17, 15) is 9.59 Å². The van der Waals surface area contributed by atoms with E-state index >= 15 is 0 Å². The normalized spacial score (nSPS) is 17.9. The average molecular weight is 371 g/mol. The Morgan fingerprint density at radius 2 is 1.79 bits per heavy atom. The number of hydrogen-bond acceptors (Lipinski definition) is 3. The van der Waals surface area contributed by atoms with Crippen molar-refractivity contribution in [3.63, 3.8) is 0 Å². The molecule has 5 rings (SSSR count). The number of nitrogens with zero attached hydrogens (tertiary/aromatic N) is 2. The topological polar surface area (TPSA) is 64.0 Å². The molecule has 1 N–H and O–H groups in total. The summed E-state index contributed by atoms with van der Waals surface area (Å²) in [7, 11) is 0. The van der Waals surface area contributed by atoms with E-state index in [1.165, 1.54) is 29.5 Å². The molecule has 0 spiro atoms. The summed E-state index contributed by atoms with van der Waals surface area (Å²) in [6, 6.07) is 13.2. The van der Waals surface area contributed by atoms with E-state index in [0.717, 1.165) is 12.8 Å². The van der Waals surface area contributed by atoms with Gasteiger partial charge in [0.25, 0.3) is 11.5 Å². The van der Waals surface area contributed by atoms with E-state index in [0.29, 0.717) is 11.6 Å². The Balaban J connectivity index is 1.48. The van der Waals surface area contributed by atoms with Gasteiger partial charge in [-0.2, -0.15) is 0 Å². The number of carbonyl (C=O) groups excluding carboxylic acids is 1. The molecule has 1 fully saturated rings. The SMILES string of the molecule is O=C(Nc1ccncc1)c1cccn(C2CCc3c(C4CC4)cccc32)c1=O. The highest BCUT2D eigenvalue weighted by atomic mass is 16.2. The second-order valence-corrected chi connectivity index (χ2v) is 7.57. The van der Waals surface area contributed by atoms with Crippen molar-refractivity contribution >= 4 is 11.6 Å². The molecule has 0 radical (unpaired) electrons. The summed E-state index contributed by atoms with van der Waals surface area (Å²) in [5.74, 6) is 0.304. The van der Waals surface area contributed by atoms with Gasteiger partial charge in [-0.25, -0.2) is 0 Å². The third-order valence-electron chi connectivity index (χ3n) is 5.79. The Hall–Kier alpha value is -3.21. The van der Waals surface area contributed by atoms with Crippen molar-refractivity contribution in [3.05, 3.63) is 93.7 Å². The van der Waals surface area contributed by atoms with Crippen LogP contribution < -0.4 is 10.9 Å². The van der Waals surface area contributed by atoms with Crippen molar-refractivity contribution in [3.8, 4) is 0 Å². The van der Waals surface area contributed by atoms with Crippen molar-refractivity contribution in [2.24, 2.45) is 0 Å². The van der Waals surface area contributed by atoms with Crippen LogP contribution in [-0.2, 0) is 6.42 Å². The van der Waals surface area contributed by atoms with Crippen LogP contribution in [0.15, 0.2) is 65.8 Å². The monoisotopic (exact) mass is 371 g/mol. The number of anilines is 1. The maximum Gasteiger partial charge on any atom is 0.263 e. The minimum absolute atomic E-state index is 0.00475. The molecular weight excluding hydrogens is 350 g/mol. The van der Waals surface area contributed by atoms with Crippen LogP contribution in [0.3, 0.4) is 0 Å². The lowest BCUT2D eigenvalue weighted by Crippen LogP contribution is -2.31. The summed E-state index contributed by atoms with van der Waals surface area (Å²) in [5.41, 5.74) is 4.64. The van der Waals surface area contributed by atoms with Crippen molar-refractivity contribution in [1.82, 2.24) is 9.55 Å². The molecule has 0 aliphatic heterocycles. The third kappa shape index (κ3) is 2.93. The van der Waals surface area contributed by atoms with Crippen molar-refractivity contribution in [2.45, 2.75) is 37.6 Å². The first-order chi connectivity index (χ1) is 13.7. The number of pyridine rings is 2. The molecule has 2 aliphatic rings. The van der Waals surface area contributed by atoms with Gasteiger partial charge in [0.15, 0.2) is 0 Å². The van der Waals surface area contributed by atoms with Crippen LogP contribution in [-0.4, -0.2) is 15.5 Å². The third-order valence-corrected chi connectivity index (χ3v) is 5.79. The van der Waals surface area contributed by atoms with Crippen molar-refractivity contribution in [2.75, 3.05) is 5.32 Å². The molecule has 5 nitrogen and oxygen atoms in total. The first-order valence-corrected chi connectivity index (χ1v) is 9.76. The summed E-state index contributed by atoms with van der Waals surface area (Å²) < 4.78 is 1.73. The van der Waals surface area contributed by atoms with Gasteiger partial charge in [-0.3, -0.25) is 14.6 Å². The first kappa shape index (κ1) is 16.9. The van der Waals surface area contributed by atoms with Crippen LogP contribution in [0.1, 0.15) is 58.3 Å². The number of fused-ring (bicyclic) bond motifs is 1. The second kappa shape index (κ2) is 6.75. The molecule has 0 bridgehead atoms. The lowest BCUT2D eigenvalue weighted by molar-refractivity contribution is 0.102. The smallest absolute Gasteiger partial charge is 0.263 e. The van der Waals surface area contributed by atoms with Gasteiger partial charge in [0.2, 0.25) is 0 Å². The van der Waals surface area contributed by atoms with Crippen LogP contribution in [0, 0.1) is 0 Å². The number of rotatable bonds is 4. The Kier molecular flexibility index (Phi) is 4.08. The second-order valence-electron chi connectivity index (χ2n) is 7.57. The molecule has 140 valence electrons. The van der Waals surface area contributed by atoms with Gasteiger partial charge in [-0.1, -0.05) is 18.2 Å². The summed E-state index contributed by atoms with van der Waals surface area (Å²) in [5, 5.41) is 2.78. The van der Waals surface area contributed by atoms with Gasteiger partial charge in [0.1, 0.15) is 5.56 Å². The van der Waals surface area contributed by atoms with Crippen molar-refractivity contribution in [1.29, 1.82) is 0 Å². The average Bonchev–Trinajstić information content (AvgIpc) is 3.47. The van der Waals surface area contributed by atoms with E-state index in [-0.39, 0.29) is 17.2 Å². The largest absolute Gasteiger partial charge is 0.322 e.